The van der Waals surface area contributed by atoms with Gasteiger partial charge in [-0.2, -0.15) is 0 Å². The Morgan fingerprint density at radius 1 is 1.32 bits per heavy atom. The zero-order chi connectivity index (χ0) is 14.5. The Morgan fingerprint density at radius 3 is 2.42 bits per heavy atom. The summed E-state index contributed by atoms with van der Waals surface area (Å²) in [5.74, 6) is -0.0415. The van der Waals surface area contributed by atoms with Crippen LogP contribution in [0.1, 0.15) is 27.7 Å². The molecule has 0 aromatic rings. The van der Waals surface area contributed by atoms with Gasteiger partial charge >= 0.3 is 0 Å². The van der Waals surface area contributed by atoms with E-state index in [4.69, 9.17) is 4.74 Å². The van der Waals surface area contributed by atoms with Gasteiger partial charge in [0.1, 0.15) is 12.6 Å². The number of carbonyl (C=O) groups is 2. The van der Waals surface area contributed by atoms with Crippen LogP contribution in [0.15, 0.2) is 0 Å². The average Bonchev–Trinajstić information content (AvgIpc) is 2.30. The van der Waals surface area contributed by atoms with Gasteiger partial charge < -0.3 is 20.7 Å². The van der Waals surface area contributed by atoms with Crippen molar-refractivity contribution in [1.29, 1.82) is 0 Å². The van der Waals surface area contributed by atoms with Crippen molar-refractivity contribution < 1.29 is 14.3 Å². The van der Waals surface area contributed by atoms with Gasteiger partial charge in [-0.1, -0.05) is 13.8 Å². The maximum atomic E-state index is 11.7. The molecule has 0 radical (unpaired) electrons. The quantitative estimate of drug-likeness (QED) is 0.591. The molecule has 19 heavy (non-hydrogen) atoms. The first-order valence-electron chi connectivity index (χ1n) is 6.74. The van der Waals surface area contributed by atoms with Crippen molar-refractivity contribution in [3.8, 4) is 0 Å². The number of hydrogen-bond acceptors (Lipinski definition) is 4. The first-order valence-corrected chi connectivity index (χ1v) is 6.74. The maximum Gasteiger partial charge on any atom is 0.246 e. The minimum atomic E-state index is -0.540. The van der Waals surface area contributed by atoms with Crippen LogP contribution in [0.25, 0.3) is 0 Å². The van der Waals surface area contributed by atoms with E-state index in [0.717, 1.165) is 13.1 Å². The Morgan fingerprint density at radius 2 is 1.95 bits per heavy atom. The molecule has 1 rings (SSSR count). The zero-order valence-corrected chi connectivity index (χ0v) is 12.2. The molecule has 6 heteroatoms. The van der Waals surface area contributed by atoms with Gasteiger partial charge in [0, 0.05) is 19.6 Å². The Hall–Kier alpha value is -1.14. The third kappa shape index (κ3) is 5.57. The minimum absolute atomic E-state index is 0.0139. The fourth-order valence-electron chi connectivity index (χ4n) is 1.63. The lowest BCUT2D eigenvalue weighted by atomic mass is 10.0. The Kier molecular flexibility index (Phi) is 5.75. The summed E-state index contributed by atoms with van der Waals surface area (Å²) in [6, 6.07) is -0.540. The molecule has 1 atom stereocenters. The second-order valence-electron chi connectivity index (χ2n) is 5.77. The van der Waals surface area contributed by atoms with Crippen LogP contribution in [0, 0.1) is 5.92 Å². The summed E-state index contributed by atoms with van der Waals surface area (Å²) in [4.78, 5) is 23.3. The molecule has 2 amide bonds. The topological polar surface area (TPSA) is 79.5 Å². The van der Waals surface area contributed by atoms with Gasteiger partial charge in [-0.3, -0.25) is 9.59 Å². The van der Waals surface area contributed by atoms with E-state index in [9.17, 15) is 9.59 Å². The monoisotopic (exact) mass is 271 g/mol. The van der Waals surface area contributed by atoms with Gasteiger partial charge in [0.15, 0.2) is 0 Å². The molecule has 0 bridgehead atoms. The molecule has 3 N–H and O–H groups in total. The molecule has 1 aliphatic rings. The standard InChI is InChI=1S/C13H25N3O3/c1-9(2)5-15-12(18)10(3)16-11(17)6-19-13(4)7-14-8-13/h9-10,14H,5-8H2,1-4H3,(H,15,18)(H,16,17). The molecule has 1 saturated heterocycles. The van der Waals surface area contributed by atoms with Crippen molar-refractivity contribution in [2.75, 3.05) is 26.2 Å². The maximum absolute atomic E-state index is 11.7. The number of nitrogens with one attached hydrogen (secondary N) is 3. The van der Waals surface area contributed by atoms with Gasteiger partial charge in [0.2, 0.25) is 11.8 Å². The average molecular weight is 271 g/mol. The molecule has 0 aromatic carbocycles. The first kappa shape index (κ1) is 15.9. The number of ether oxygens (including phenoxy) is 1. The lowest BCUT2D eigenvalue weighted by Crippen LogP contribution is -2.60. The second kappa shape index (κ2) is 6.86. The Labute approximate surface area is 114 Å². The molecular weight excluding hydrogens is 246 g/mol. The molecule has 110 valence electrons. The third-order valence-corrected chi connectivity index (χ3v) is 3.00. The number of rotatable bonds is 7. The summed E-state index contributed by atoms with van der Waals surface area (Å²) in [5, 5.41) is 8.50. The summed E-state index contributed by atoms with van der Waals surface area (Å²) in [6.07, 6.45) is 0. The summed E-state index contributed by atoms with van der Waals surface area (Å²) < 4.78 is 5.50. The summed E-state index contributed by atoms with van der Waals surface area (Å²) in [7, 11) is 0. The van der Waals surface area contributed by atoms with Gasteiger partial charge in [-0.05, 0) is 19.8 Å². The lowest BCUT2D eigenvalue weighted by molar-refractivity contribution is -0.138. The van der Waals surface area contributed by atoms with E-state index in [1.165, 1.54) is 0 Å². The number of amides is 2. The predicted octanol–water partition coefficient (Wildman–Crippen LogP) is -0.358. The molecule has 0 saturated carbocycles. The largest absolute Gasteiger partial charge is 0.363 e. The van der Waals surface area contributed by atoms with Gasteiger partial charge in [0.05, 0.1) is 5.60 Å². The molecule has 1 heterocycles. The van der Waals surface area contributed by atoms with E-state index in [-0.39, 0.29) is 24.0 Å². The summed E-state index contributed by atoms with van der Waals surface area (Å²) in [6.45, 7) is 9.76. The van der Waals surface area contributed by atoms with E-state index in [1.807, 2.05) is 20.8 Å². The number of hydrogen-bond donors (Lipinski definition) is 3. The van der Waals surface area contributed by atoms with Crippen LogP contribution >= 0.6 is 0 Å². The highest BCUT2D eigenvalue weighted by molar-refractivity contribution is 5.87. The van der Waals surface area contributed by atoms with Crippen molar-refractivity contribution >= 4 is 11.8 Å². The molecule has 1 fully saturated rings. The van der Waals surface area contributed by atoms with Crippen LogP contribution in [-0.4, -0.2) is 49.7 Å². The minimum Gasteiger partial charge on any atom is -0.363 e. The second-order valence-corrected chi connectivity index (χ2v) is 5.77. The van der Waals surface area contributed by atoms with Crippen LogP contribution in [0.4, 0.5) is 0 Å². The molecule has 1 unspecified atom stereocenters. The van der Waals surface area contributed by atoms with E-state index >= 15 is 0 Å². The molecule has 0 aliphatic carbocycles. The van der Waals surface area contributed by atoms with Gasteiger partial charge in [-0.25, -0.2) is 0 Å². The van der Waals surface area contributed by atoms with Crippen molar-refractivity contribution in [2.45, 2.75) is 39.3 Å². The van der Waals surface area contributed by atoms with E-state index < -0.39 is 6.04 Å². The van der Waals surface area contributed by atoms with Crippen LogP contribution in [0.5, 0.6) is 0 Å². The van der Waals surface area contributed by atoms with Crippen LogP contribution < -0.4 is 16.0 Å². The number of carbonyl (C=O) groups excluding carboxylic acids is 2. The van der Waals surface area contributed by atoms with Crippen molar-refractivity contribution in [1.82, 2.24) is 16.0 Å². The van der Waals surface area contributed by atoms with Crippen LogP contribution in [0.3, 0.4) is 0 Å². The van der Waals surface area contributed by atoms with Crippen LogP contribution in [-0.2, 0) is 14.3 Å². The fourth-order valence-corrected chi connectivity index (χ4v) is 1.63. The normalized spacial score (nSPS) is 18.6. The van der Waals surface area contributed by atoms with E-state index in [0.29, 0.717) is 12.5 Å². The Bertz CT molecular complexity index is 327. The van der Waals surface area contributed by atoms with Crippen molar-refractivity contribution in [3.63, 3.8) is 0 Å². The van der Waals surface area contributed by atoms with E-state index in [2.05, 4.69) is 16.0 Å². The molecule has 0 aromatic heterocycles. The highest BCUT2D eigenvalue weighted by Gasteiger charge is 2.33. The molecular formula is C13H25N3O3. The SMILES string of the molecule is CC(C)CNC(=O)C(C)NC(=O)COC1(C)CNC1. The highest BCUT2D eigenvalue weighted by atomic mass is 16.5. The predicted molar refractivity (Wildman–Crippen MR) is 72.7 cm³/mol. The zero-order valence-electron chi connectivity index (χ0n) is 12.2. The van der Waals surface area contributed by atoms with Crippen LogP contribution in [0.2, 0.25) is 0 Å². The van der Waals surface area contributed by atoms with E-state index in [1.54, 1.807) is 6.92 Å². The molecule has 6 nitrogen and oxygen atoms in total. The van der Waals surface area contributed by atoms with Gasteiger partial charge in [0.25, 0.3) is 0 Å². The first-order chi connectivity index (χ1) is 8.82. The smallest absolute Gasteiger partial charge is 0.246 e. The van der Waals surface area contributed by atoms with Crippen molar-refractivity contribution in [2.24, 2.45) is 5.92 Å². The van der Waals surface area contributed by atoms with Gasteiger partial charge in [-0.15, -0.1) is 0 Å². The third-order valence-electron chi connectivity index (χ3n) is 3.00. The lowest BCUT2D eigenvalue weighted by Gasteiger charge is -2.38. The molecule has 0 spiro atoms. The summed E-state index contributed by atoms with van der Waals surface area (Å²) in [5.41, 5.74) is -0.250. The summed E-state index contributed by atoms with van der Waals surface area (Å²) >= 11 is 0. The fraction of sp³-hybridized carbons (Fsp3) is 0.846. The van der Waals surface area contributed by atoms with Crippen molar-refractivity contribution in [3.05, 3.63) is 0 Å². The molecule has 1 aliphatic heterocycles. The highest BCUT2D eigenvalue weighted by Crippen LogP contribution is 2.14. The Balaban J connectivity index is 2.21.